The third-order valence-corrected chi connectivity index (χ3v) is 1.38. The van der Waals surface area contributed by atoms with E-state index in [4.69, 9.17) is 0 Å². The molecule has 10 heavy (non-hydrogen) atoms. The maximum atomic E-state index is 10.2. The molecule has 0 aliphatic carbocycles. The maximum absolute atomic E-state index is 10.2. The van der Waals surface area contributed by atoms with E-state index in [1.807, 2.05) is 0 Å². The van der Waals surface area contributed by atoms with Crippen LogP contribution in [0.25, 0.3) is 0 Å². The molecule has 1 aromatic rings. The lowest BCUT2D eigenvalue weighted by molar-refractivity contribution is -0.389. The highest BCUT2D eigenvalue weighted by atomic mass is 16.6. The predicted octanol–water partition coefficient (Wildman–Crippen LogP) is 0.637. The zero-order chi connectivity index (χ0) is 7.72. The van der Waals surface area contributed by atoms with Gasteiger partial charge < -0.3 is 14.7 Å². The lowest BCUT2D eigenvalue weighted by Crippen LogP contribution is -1.93. The topological polar surface area (TPSA) is 61.0 Å². The van der Waals surface area contributed by atoms with Gasteiger partial charge in [0.2, 0.25) is 6.33 Å². The summed E-state index contributed by atoms with van der Waals surface area (Å²) in [6, 6.07) is 0. The summed E-state index contributed by atoms with van der Waals surface area (Å²) >= 11 is 0. The van der Waals surface area contributed by atoms with E-state index in [1.165, 1.54) is 6.33 Å². The first-order chi connectivity index (χ1) is 4.63. The van der Waals surface area contributed by atoms with Gasteiger partial charge in [-0.15, -0.1) is 0 Å². The van der Waals surface area contributed by atoms with Crippen LogP contribution in [-0.4, -0.2) is 14.5 Å². The molecule has 54 valence electrons. The van der Waals surface area contributed by atoms with Gasteiger partial charge in [0.05, 0.1) is 0 Å². The van der Waals surface area contributed by atoms with Crippen molar-refractivity contribution in [2.75, 3.05) is 0 Å². The van der Waals surface area contributed by atoms with Gasteiger partial charge in [-0.2, -0.15) is 0 Å². The SMILES string of the molecule is Cc1c([N+](=O)[O-])ncn1C. The molecule has 0 spiro atoms. The molecule has 0 saturated carbocycles. The Kier molecular flexibility index (Phi) is 1.41. The third kappa shape index (κ3) is 0.854. The Morgan fingerprint density at radius 2 is 2.40 bits per heavy atom. The Labute approximate surface area is 57.5 Å². The van der Waals surface area contributed by atoms with Crippen LogP contribution in [0.2, 0.25) is 0 Å². The quantitative estimate of drug-likeness (QED) is 0.425. The second-order valence-corrected chi connectivity index (χ2v) is 2.02. The molecule has 0 aromatic carbocycles. The molecule has 5 heteroatoms. The monoisotopic (exact) mass is 141 g/mol. The van der Waals surface area contributed by atoms with Crippen molar-refractivity contribution in [1.29, 1.82) is 0 Å². The molecule has 0 radical (unpaired) electrons. The van der Waals surface area contributed by atoms with Gasteiger partial charge in [0.25, 0.3) is 0 Å². The van der Waals surface area contributed by atoms with Crippen LogP contribution >= 0.6 is 0 Å². The van der Waals surface area contributed by atoms with Crippen LogP contribution in [0.1, 0.15) is 5.69 Å². The lowest BCUT2D eigenvalue weighted by atomic mass is 10.5. The number of hydrogen-bond donors (Lipinski definition) is 0. The van der Waals surface area contributed by atoms with Gasteiger partial charge in [-0.1, -0.05) is 0 Å². The summed E-state index contributed by atoms with van der Waals surface area (Å²) in [6.07, 6.45) is 1.42. The third-order valence-electron chi connectivity index (χ3n) is 1.38. The molecule has 0 aliphatic heterocycles. The predicted molar refractivity (Wildman–Crippen MR) is 34.6 cm³/mol. The standard InChI is InChI=1S/C5H7N3O2/c1-4-5(8(9)10)6-3-7(4)2/h3H,1-2H3. The van der Waals surface area contributed by atoms with E-state index in [-0.39, 0.29) is 5.82 Å². The molecule has 0 fully saturated rings. The Morgan fingerprint density at radius 3 is 2.60 bits per heavy atom. The minimum Gasteiger partial charge on any atom is -0.358 e. The first kappa shape index (κ1) is 6.73. The summed E-state index contributed by atoms with van der Waals surface area (Å²) in [7, 11) is 1.72. The number of aromatic nitrogens is 2. The van der Waals surface area contributed by atoms with Crippen LogP contribution in [0, 0.1) is 17.0 Å². The maximum Gasteiger partial charge on any atom is 0.384 e. The highest BCUT2D eigenvalue weighted by Gasteiger charge is 2.14. The molecule has 0 saturated heterocycles. The van der Waals surface area contributed by atoms with Crippen LogP contribution in [0.3, 0.4) is 0 Å². The Bertz CT molecular complexity index is 266. The zero-order valence-electron chi connectivity index (χ0n) is 5.74. The van der Waals surface area contributed by atoms with Crippen molar-refractivity contribution in [3.63, 3.8) is 0 Å². The van der Waals surface area contributed by atoms with E-state index in [0.717, 1.165) is 0 Å². The molecule has 5 nitrogen and oxygen atoms in total. The summed E-state index contributed by atoms with van der Waals surface area (Å²) in [4.78, 5) is 13.3. The van der Waals surface area contributed by atoms with Crippen LogP contribution in [0.5, 0.6) is 0 Å². The second-order valence-electron chi connectivity index (χ2n) is 2.02. The van der Waals surface area contributed by atoms with E-state index in [9.17, 15) is 10.1 Å². The van der Waals surface area contributed by atoms with Gasteiger partial charge in [-0.05, 0) is 16.8 Å². The van der Waals surface area contributed by atoms with Crippen molar-refractivity contribution in [2.24, 2.45) is 7.05 Å². The van der Waals surface area contributed by atoms with Crippen LogP contribution < -0.4 is 0 Å². The first-order valence-electron chi connectivity index (χ1n) is 2.75. The van der Waals surface area contributed by atoms with E-state index in [0.29, 0.717) is 5.69 Å². The fourth-order valence-electron chi connectivity index (χ4n) is 0.658. The Hall–Kier alpha value is -1.39. The van der Waals surface area contributed by atoms with Gasteiger partial charge >= 0.3 is 5.82 Å². The van der Waals surface area contributed by atoms with E-state index in [2.05, 4.69) is 4.98 Å². The highest BCUT2D eigenvalue weighted by Crippen LogP contribution is 2.11. The molecular weight excluding hydrogens is 134 g/mol. The van der Waals surface area contributed by atoms with Crippen LogP contribution in [0.4, 0.5) is 5.82 Å². The average molecular weight is 141 g/mol. The molecule has 1 rings (SSSR count). The van der Waals surface area contributed by atoms with Crippen molar-refractivity contribution >= 4 is 5.82 Å². The van der Waals surface area contributed by atoms with E-state index in [1.54, 1.807) is 18.5 Å². The highest BCUT2D eigenvalue weighted by molar-refractivity contribution is 5.24. The number of nitrogens with zero attached hydrogens (tertiary/aromatic N) is 3. The average Bonchev–Trinajstić information content (AvgIpc) is 2.14. The number of rotatable bonds is 1. The molecular formula is C5H7N3O2. The Morgan fingerprint density at radius 1 is 1.80 bits per heavy atom. The first-order valence-corrected chi connectivity index (χ1v) is 2.75. The summed E-state index contributed by atoms with van der Waals surface area (Å²) in [5.74, 6) is -0.0671. The van der Waals surface area contributed by atoms with Crippen molar-refractivity contribution in [3.8, 4) is 0 Å². The molecule has 0 N–H and O–H groups in total. The molecule has 0 unspecified atom stereocenters. The number of imidazole rings is 1. The summed E-state index contributed by atoms with van der Waals surface area (Å²) in [5.41, 5.74) is 0.574. The number of nitro groups is 1. The van der Waals surface area contributed by atoms with E-state index >= 15 is 0 Å². The summed E-state index contributed by atoms with van der Waals surface area (Å²) < 4.78 is 1.61. The van der Waals surface area contributed by atoms with Crippen molar-refractivity contribution < 1.29 is 4.92 Å². The van der Waals surface area contributed by atoms with Gasteiger partial charge in [0.15, 0.2) is 0 Å². The van der Waals surface area contributed by atoms with Crippen LogP contribution in [0.15, 0.2) is 6.33 Å². The minimum atomic E-state index is -0.491. The van der Waals surface area contributed by atoms with Crippen LogP contribution in [-0.2, 0) is 7.05 Å². The molecule has 0 aliphatic rings. The van der Waals surface area contributed by atoms with E-state index < -0.39 is 4.92 Å². The van der Waals surface area contributed by atoms with Gasteiger partial charge in [0.1, 0.15) is 5.69 Å². The fraction of sp³-hybridized carbons (Fsp3) is 0.400. The fourth-order valence-corrected chi connectivity index (χ4v) is 0.658. The van der Waals surface area contributed by atoms with Gasteiger partial charge in [0, 0.05) is 7.05 Å². The smallest absolute Gasteiger partial charge is 0.358 e. The molecule has 0 bridgehead atoms. The van der Waals surface area contributed by atoms with Crippen molar-refractivity contribution in [3.05, 3.63) is 22.1 Å². The number of hydrogen-bond acceptors (Lipinski definition) is 3. The van der Waals surface area contributed by atoms with Gasteiger partial charge in [-0.3, -0.25) is 0 Å². The lowest BCUT2D eigenvalue weighted by Gasteiger charge is -1.90. The minimum absolute atomic E-state index is 0.0671. The second kappa shape index (κ2) is 2.09. The molecule has 1 heterocycles. The summed E-state index contributed by atoms with van der Waals surface area (Å²) in [6.45, 7) is 1.66. The van der Waals surface area contributed by atoms with Gasteiger partial charge in [-0.25, -0.2) is 0 Å². The van der Waals surface area contributed by atoms with Crippen molar-refractivity contribution in [2.45, 2.75) is 6.92 Å². The normalized spacial score (nSPS) is 9.80. The number of aryl methyl sites for hydroxylation is 1. The van der Waals surface area contributed by atoms with Crippen molar-refractivity contribution in [1.82, 2.24) is 9.55 Å². The zero-order valence-corrected chi connectivity index (χ0v) is 5.74. The summed E-state index contributed by atoms with van der Waals surface area (Å²) in [5, 5.41) is 10.2. The molecule has 0 atom stereocenters. The Balaban J connectivity index is 3.17. The largest absolute Gasteiger partial charge is 0.384 e. The molecule has 1 aromatic heterocycles. The molecule has 0 amide bonds.